The smallest absolute Gasteiger partial charge is 0.387 e. The Hall–Kier alpha value is -2.00. The lowest BCUT2D eigenvalue weighted by atomic mass is 10.1. The summed E-state index contributed by atoms with van der Waals surface area (Å²) >= 11 is 0. The lowest BCUT2D eigenvalue weighted by Crippen LogP contribution is -2.49. The van der Waals surface area contributed by atoms with E-state index in [0.717, 1.165) is 25.7 Å². The molecule has 0 amide bonds. The van der Waals surface area contributed by atoms with Gasteiger partial charge in [0.05, 0.1) is 18.1 Å². The summed E-state index contributed by atoms with van der Waals surface area (Å²) < 4.78 is 34.2. The Balaban J connectivity index is 2.34. The van der Waals surface area contributed by atoms with E-state index in [4.69, 9.17) is 4.74 Å². The number of nitro groups is 1. The van der Waals surface area contributed by atoms with Crippen LogP contribution in [-0.2, 0) is 6.54 Å². The van der Waals surface area contributed by atoms with Gasteiger partial charge in [-0.2, -0.15) is 8.78 Å². The van der Waals surface area contributed by atoms with Crippen LogP contribution in [-0.4, -0.2) is 49.2 Å². The van der Waals surface area contributed by atoms with Crippen molar-refractivity contribution in [3.63, 3.8) is 0 Å². The van der Waals surface area contributed by atoms with Gasteiger partial charge in [-0.3, -0.25) is 15.0 Å². The number of rotatable bonds is 6. The molecule has 0 bridgehead atoms. The Labute approximate surface area is 132 Å². The highest BCUT2D eigenvalue weighted by Gasteiger charge is 2.25. The molecule has 23 heavy (non-hydrogen) atoms. The first-order valence-electron chi connectivity index (χ1n) is 7.17. The summed E-state index contributed by atoms with van der Waals surface area (Å²) in [4.78, 5) is 12.8. The average molecular weight is 331 g/mol. The quantitative estimate of drug-likeness (QED) is 0.635. The Morgan fingerprint density at radius 1 is 1.48 bits per heavy atom. The number of hydrogen-bond donors (Lipinski definition) is 1. The third-order valence-electron chi connectivity index (χ3n) is 3.79. The summed E-state index contributed by atoms with van der Waals surface area (Å²) in [6.45, 7) is 1.60. The molecule has 0 radical (unpaired) electrons. The van der Waals surface area contributed by atoms with Crippen LogP contribution in [0.3, 0.4) is 0 Å². The van der Waals surface area contributed by atoms with Crippen molar-refractivity contribution in [1.29, 1.82) is 0 Å². The summed E-state index contributed by atoms with van der Waals surface area (Å²) in [6.07, 6.45) is 0. The number of nitrogens with zero attached hydrogens (tertiary/aromatic N) is 2. The maximum Gasteiger partial charge on any atom is 0.387 e. The van der Waals surface area contributed by atoms with Crippen molar-refractivity contribution in [3.05, 3.63) is 27.8 Å². The molecular weight excluding hydrogens is 312 g/mol. The van der Waals surface area contributed by atoms with Crippen LogP contribution in [0.15, 0.2) is 12.1 Å². The van der Waals surface area contributed by atoms with E-state index in [-0.39, 0.29) is 23.2 Å². The van der Waals surface area contributed by atoms with Gasteiger partial charge in [0.1, 0.15) is 0 Å². The molecule has 1 N–H and O–H groups in total. The maximum absolute atomic E-state index is 12.4. The zero-order valence-corrected chi connectivity index (χ0v) is 12.9. The number of methoxy groups -OCH3 is 1. The summed E-state index contributed by atoms with van der Waals surface area (Å²) in [5.41, 5.74) is 0.148. The number of halogens is 2. The molecule has 9 heteroatoms. The largest absolute Gasteiger partial charge is 0.493 e. The molecule has 0 aliphatic carbocycles. The van der Waals surface area contributed by atoms with Crippen molar-refractivity contribution in [3.8, 4) is 11.5 Å². The van der Waals surface area contributed by atoms with Crippen LogP contribution in [0, 0.1) is 10.1 Å². The molecule has 0 unspecified atom stereocenters. The molecule has 1 aliphatic rings. The van der Waals surface area contributed by atoms with E-state index in [1.807, 2.05) is 6.92 Å². The summed E-state index contributed by atoms with van der Waals surface area (Å²) in [5.74, 6) is -0.292. The summed E-state index contributed by atoms with van der Waals surface area (Å²) in [7, 11) is 1.30. The molecule has 1 saturated heterocycles. The van der Waals surface area contributed by atoms with Crippen LogP contribution >= 0.6 is 0 Å². The Bertz CT molecular complexity index is 571. The van der Waals surface area contributed by atoms with Gasteiger partial charge in [-0.15, -0.1) is 0 Å². The first-order valence-corrected chi connectivity index (χ1v) is 7.17. The van der Waals surface area contributed by atoms with Gasteiger partial charge >= 0.3 is 6.61 Å². The van der Waals surface area contributed by atoms with Crippen molar-refractivity contribution < 1.29 is 23.2 Å². The van der Waals surface area contributed by atoms with Gasteiger partial charge in [-0.05, 0) is 13.0 Å². The highest BCUT2D eigenvalue weighted by molar-refractivity contribution is 5.54. The number of hydrogen-bond acceptors (Lipinski definition) is 6. The summed E-state index contributed by atoms with van der Waals surface area (Å²) in [6, 6.07) is 2.60. The molecule has 0 saturated carbocycles. The zero-order chi connectivity index (χ0) is 17.0. The second-order valence-electron chi connectivity index (χ2n) is 5.29. The molecule has 0 aromatic heterocycles. The van der Waals surface area contributed by atoms with Crippen LogP contribution in [0.25, 0.3) is 0 Å². The molecular formula is C14H19F2N3O4. The molecule has 1 aliphatic heterocycles. The SMILES string of the molecule is COc1cc(CN2CCNC[C@H]2C)c([N+](=O)[O-])cc1OC(F)F. The van der Waals surface area contributed by atoms with E-state index in [1.165, 1.54) is 13.2 Å². The van der Waals surface area contributed by atoms with E-state index in [9.17, 15) is 18.9 Å². The number of piperazine rings is 1. The third kappa shape index (κ3) is 4.26. The fourth-order valence-corrected chi connectivity index (χ4v) is 2.57. The number of benzene rings is 1. The molecule has 2 rings (SSSR count). The molecule has 7 nitrogen and oxygen atoms in total. The standard InChI is InChI=1S/C14H19F2N3O4/c1-9-7-17-3-4-18(9)8-10-5-12(22-2)13(23-14(15)16)6-11(10)19(20)21/h5-6,9,14,17H,3-4,7-8H2,1-2H3/t9-/m1/s1. The van der Waals surface area contributed by atoms with Crippen molar-refractivity contribution in [1.82, 2.24) is 10.2 Å². The van der Waals surface area contributed by atoms with Crippen molar-refractivity contribution in [2.24, 2.45) is 0 Å². The third-order valence-corrected chi connectivity index (χ3v) is 3.79. The molecule has 1 aromatic rings. The Kier molecular flexibility index (Phi) is 5.67. The predicted molar refractivity (Wildman–Crippen MR) is 79.0 cm³/mol. The summed E-state index contributed by atoms with van der Waals surface area (Å²) in [5, 5.41) is 14.5. The number of ether oxygens (including phenoxy) is 2. The first kappa shape index (κ1) is 17.4. The van der Waals surface area contributed by atoms with Gasteiger partial charge in [0, 0.05) is 37.8 Å². The highest BCUT2D eigenvalue weighted by atomic mass is 19.3. The average Bonchev–Trinajstić information content (AvgIpc) is 2.49. The topological polar surface area (TPSA) is 76.9 Å². The maximum atomic E-state index is 12.4. The van der Waals surface area contributed by atoms with Crippen molar-refractivity contribution >= 4 is 5.69 Å². The second-order valence-corrected chi connectivity index (χ2v) is 5.29. The zero-order valence-electron chi connectivity index (χ0n) is 12.9. The van der Waals surface area contributed by atoms with Gasteiger partial charge in [-0.1, -0.05) is 0 Å². The van der Waals surface area contributed by atoms with Gasteiger partial charge < -0.3 is 14.8 Å². The minimum absolute atomic E-state index is 0.0497. The molecule has 0 spiro atoms. The van der Waals surface area contributed by atoms with Crippen molar-refractivity contribution in [2.75, 3.05) is 26.7 Å². The van der Waals surface area contributed by atoms with E-state index < -0.39 is 11.5 Å². The van der Waals surface area contributed by atoms with Gasteiger partial charge in [0.2, 0.25) is 0 Å². The number of nitro benzene ring substituents is 1. The fourth-order valence-electron chi connectivity index (χ4n) is 2.57. The van der Waals surface area contributed by atoms with Gasteiger partial charge in [0.15, 0.2) is 11.5 Å². The van der Waals surface area contributed by atoms with Gasteiger partial charge in [-0.25, -0.2) is 0 Å². The fraction of sp³-hybridized carbons (Fsp3) is 0.571. The molecule has 1 heterocycles. The monoisotopic (exact) mass is 331 g/mol. The normalized spacial score (nSPS) is 18.9. The van der Waals surface area contributed by atoms with Crippen LogP contribution in [0.2, 0.25) is 0 Å². The molecule has 1 aromatic carbocycles. The van der Waals surface area contributed by atoms with E-state index in [2.05, 4.69) is 15.0 Å². The first-order chi connectivity index (χ1) is 10.9. The van der Waals surface area contributed by atoms with E-state index >= 15 is 0 Å². The second kappa shape index (κ2) is 7.51. The van der Waals surface area contributed by atoms with Crippen LogP contribution < -0.4 is 14.8 Å². The van der Waals surface area contributed by atoms with Crippen LogP contribution in [0.1, 0.15) is 12.5 Å². The minimum atomic E-state index is -3.08. The number of alkyl halides is 2. The lowest BCUT2D eigenvalue weighted by molar-refractivity contribution is -0.385. The molecule has 1 atom stereocenters. The molecule has 1 fully saturated rings. The van der Waals surface area contributed by atoms with E-state index in [1.54, 1.807) is 0 Å². The Morgan fingerprint density at radius 2 is 2.22 bits per heavy atom. The predicted octanol–water partition coefficient (Wildman–Crippen LogP) is 2.00. The Morgan fingerprint density at radius 3 is 2.78 bits per heavy atom. The minimum Gasteiger partial charge on any atom is -0.493 e. The van der Waals surface area contributed by atoms with Crippen LogP contribution in [0.5, 0.6) is 11.5 Å². The van der Waals surface area contributed by atoms with Gasteiger partial charge in [0.25, 0.3) is 5.69 Å². The number of nitrogens with one attached hydrogen (secondary N) is 1. The molecule has 128 valence electrons. The lowest BCUT2D eigenvalue weighted by Gasteiger charge is -2.33. The van der Waals surface area contributed by atoms with E-state index in [0.29, 0.717) is 12.1 Å². The highest BCUT2D eigenvalue weighted by Crippen LogP contribution is 2.36. The van der Waals surface area contributed by atoms with Crippen molar-refractivity contribution in [2.45, 2.75) is 26.1 Å². The van der Waals surface area contributed by atoms with Crippen LogP contribution in [0.4, 0.5) is 14.5 Å².